The molecule has 0 heterocycles. The Bertz CT molecular complexity index is 312. The van der Waals surface area contributed by atoms with Crippen LogP contribution >= 0.6 is 0 Å². The molecule has 0 aliphatic carbocycles. The first kappa shape index (κ1) is 10.1. The van der Waals surface area contributed by atoms with Crippen LogP contribution in [0.25, 0.3) is 0 Å². The third-order valence-electron chi connectivity index (χ3n) is 1.60. The first-order valence-corrected chi connectivity index (χ1v) is 5.34. The number of nitrogens with one attached hydrogen (secondary N) is 1. The summed E-state index contributed by atoms with van der Waals surface area (Å²) in [6.07, 6.45) is 0. The van der Waals surface area contributed by atoms with Crippen LogP contribution < -0.4 is 10.5 Å². The molecule has 1 aromatic rings. The van der Waals surface area contributed by atoms with Crippen LogP contribution in [0.2, 0.25) is 0 Å². The van der Waals surface area contributed by atoms with Crippen LogP contribution in [0.3, 0.4) is 0 Å². The van der Waals surface area contributed by atoms with Gasteiger partial charge in [0.25, 0.3) is 0 Å². The fraction of sp³-hybridized carbons (Fsp3) is 0.333. The summed E-state index contributed by atoms with van der Waals surface area (Å²) in [5, 5.41) is 0.0830. The van der Waals surface area contributed by atoms with Crippen LogP contribution in [-0.2, 0) is 11.0 Å². The molecule has 0 spiro atoms. The van der Waals surface area contributed by atoms with Gasteiger partial charge in [-0.2, -0.15) is 0 Å². The molecule has 0 radical (unpaired) electrons. The van der Waals surface area contributed by atoms with Crippen molar-refractivity contribution in [3.05, 3.63) is 24.3 Å². The highest BCUT2D eigenvalue weighted by Gasteiger charge is 2.05. The van der Waals surface area contributed by atoms with E-state index >= 15 is 0 Å². The Hall–Kier alpha value is -1.03. The minimum Gasteiger partial charge on any atom is -0.397 e. The fourth-order valence-corrected chi connectivity index (χ4v) is 1.45. The molecular formula is C9H14N2OS. The van der Waals surface area contributed by atoms with Gasteiger partial charge < -0.3 is 10.5 Å². The third kappa shape index (κ3) is 2.73. The maximum atomic E-state index is 11.4. The molecule has 13 heavy (non-hydrogen) atoms. The molecule has 0 aromatic heterocycles. The zero-order valence-electron chi connectivity index (χ0n) is 7.78. The van der Waals surface area contributed by atoms with Gasteiger partial charge in [0.05, 0.1) is 11.4 Å². The van der Waals surface area contributed by atoms with Crippen molar-refractivity contribution >= 4 is 22.4 Å². The number of nitrogen functional groups attached to an aromatic ring is 1. The lowest BCUT2D eigenvalue weighted by Crippen LogP contribution is -2.15. The van der Waals surface area contributed by atoms with Crippen LogP contribution in [0.1, 0.15) is 13.8 Å². The van der Waals surface area contributed by atoms with E-state index in [1.165, 1.54) is 0 Å². The minimum atomic E-state index is -1.06. The first-order valence-electron chi connectivity index (χ1n) is 4.13. The molecular weight excluding hydrogens is 184 g/mol. The summed E-state index contributed by atoms with van der Waals surface area (Å²) in [7, 11) is -1.06. The van der Waals surface area contributed by atoms with E-state index in [-0.39, 0.29) is 5.25 Å². The lowest BCUT2D eigenvalue weighted by Gasteiger charge is -2.10. The summed E-state index contributed by atoms with van der Waals surface area (Å²) >= 11 is 0. The van der Waals surface area contributed by atoms with E-state index in [9.17, 15) is 4.21 Å². The predicted octanol–water partition coefficient (Wildman–Crippen LogP) is 1.75. The number of para-hydroxylation sites is 2. The topological polar surface area (TPSA) is 55.1 Å². The van der Waals surface area contributed by atoms with Crippen LogP contribution in [0.4, 0.5) is 11.4 Å². The van der Waals surface area contributed by atoms with Crippen molar-refractivity contribution in [2.24, 2.45) is 0 Å². The standard InChI is InChI=1S/C9H14N2OS/c1-7(2)13(12)11-9-6-4-3-5-8(9)10/h3-7,11H,10H2,1-2H3. The van der Waals surface area contributed by atoms with E-state index in [4.69, 9.17) is 5.73 Å². The molecule has 1 aromatic carbocycles. The van der Waals surface area contributed by atoms with Gasteiger partial charge >= 0.3 is 0 Å². The molecule has 1 atom stereocenters. The molecule has 0 aliphatic rings. The van der Waals surface area contributed by atoms with Crippen molar-refractivity contribution in [3.8, 4) is 0 Å². The van der Waals surface area contributed by atoms with Crippen molar-refractivity contribution in [2.75, 3.05) is 10.5 Å². The molecule has 0 bridgehead atoms. The van der Waals surface area contributed by atoms with E-state index in [1.54, 1.807) is 6.07 Å². The van der Waals surface area contributed by atoms with Gasteiger partial charge in [-0.25, -0.2) is 4.21 Å². The molecule has 1 unspecified atom stereocenters. The first-order chi connectivity index (χ1) is 6.11. The minimum absolute atomic E-state index is 0.0830. The molecule has 0 saturated carbocycles. The summed E-state index contributed by atoms with van der Waals surface area (Å²) in [5.41, 5.74) is 7.02. The quantitative estimate of drug-likeness (QED) is 0.727. The predicted molar refractivity (Wildman–Crippen MR) is 57.8 cm³/mol. The summed E-state index contributed by atoms with van der Waals surface area (Å²) < 4.78 is 14.3. The number of rotatable bonds is 3. The van der Waals surface area contributed by atoms with Crippen molar-refractivity contribution in [2.45, 2.75) is 19.1 Å². The smallest absolute Gasteiger partial charge is 0.119 e. The number of benzene rings is 1. The average molecular weight is 198 g/mol. The van der Waals surface area contributed by atoms with Gasteiger partial charge in [0, 0.05) is 5.25 Å². The second-order valence-corrected chi connectivity index (χ2v) is 4.78. The molecule has 0 amide bonds. The van der Waals surface area contributed by atoms with E-state index in [2.05, 4.69) is 4.72 Å². The summed E-state index contributed by atoms with van der Waals surface area (Å²) in [6.45, 7) is 3.78. The molecule has 0 fully saturated rings. The highest BCUT2D eigenvalue weighted by atomic mass is 32.2. The van der Waals surface area contributed by atoms with Gasteiger partial charge in [0.2, 0.25) is 0 Å². The average Bonchev–Trinajstić information content (AvgIpc) is 2.08. The van der Waals surface area contributed by atoms with Crippen molar-refractivity contribution in [1.82, 2.24) is 0 Å². The molecule has 0 saturated heterocycles. The van der Waals surface area contributed by atoms with Crippen molar-refractivity contribution in [1.29, 1.82) is 0 Å². The van der Waals surface area contributed by atoms with E-state index in [0.717, 1.165) is 5.69 Å². The monoisotopic (exact) mass is 198 g/mol. The highest BCUT2D eigenvalue weighted by molar-refractivity contribution is 7.86. The Labute approximate surface area is 80.9 Å². The Kier molecular flexibility index (Phi) is 3.31. The van der Waals surface area contributed by atoms with Gasteiger partial charge in [-0.1, -0.05) is 12.1 Å². The van der Waals surface area contributed by atoms with Gasteiger partial charge in [0.15, 0.2) is 0 Å². The maximum Gasteiger partial charge on any atom is 0.119 e. The van der Waals surface area contributed by atoms with Crippen LogP contribution in [0.5, 0.6) is 0 Å². The van der Waals surface area contributed by atoms with Gasteiger partial charge in [-0.15, -0.1) is 0 Å². The van der Waals surface area contributed by atoms with E-state index < -0.39 is 11.0 Å². The number of hydrogen-bond donors (Lipinski definition) is 2. The second-order valence-electron chi connectivity index (χ2n) is 3.04. The highest BCUT2D eigenvalue weighted by Crippen LogP contribution is 2.17. The summed E-state index contributed by atoms with van der Waals surface area (Å²) in [5.74, 6) is 0. The molecule has 1 rings (SSSR count). The molecule has 3 N–H and O–H groups in total. The Morgan fingerprint density at radius 3 is 2.54 bits per heavy atom. The van der Waals surface area contributed by atoms with Crippen LogP contribution in [0, 0.1) is 0 Å². The Balaban J connectivity index is 2.75. The van der Waals surface area contributed by atoms with E-state index in [0.29, 0.717) is 5.69 Å². The largest absolute Gasteiger partial charge is 0.397 e. The number of hydrogen-bond acceptors (Lipinski definition) is 2. The lowest BCUT2D eigenvalue weighted by molar-refractivity contribution is 0.680. The van der Waals surface area contributed by atoms with Gasteiger partial charge in [0.1, 0.15) is 11.0 Å². The zero-order chi connectivity index (χ0) is 9.84. The molecule has 3 nitrogen and oxygen atoms in total. The molecule has 0 aliphatic heterocycles. The number of anilines is 2. The van der Waals surface area contributed by atoms with Crippen LogP contribution in [0.15, 0.2) is 24.3 Å². The van der Waals surface area contributed by atoms with Crippen molar-refractivity contribution < 1.29 is 4.21 Å². The maximum absolute atomic E-state index is 11.4. The Morgan fingerprint density at radius 2 is 2.00 bits per heavy atom. The normalized spacial score (nSPS) is 12.8. The summed E-state index contributed by atoms with van der Waals surface area (Å²) in [6, 6.07) is 7.30. The zero-order valence-corrected chi connectivity index (χ0v) is 8.60. The fourth-order valence-electron chi connectivity index (χ4n) is 0.816. The number of nitrogens with two attached hydrogens (primary N) is 1. The Morgan fingerprint density at radius 1 is 1.38 bits per heavy atom. The van der Waals surface area contributed by atoms with Crippen molar-refractivity contribution in [3.63, 3.8) is 0 Å². The second kappa shape index (κ2) is 4.28. The molecule has 4 heteroatoms. The van der Waals surface area contributed by atoms with Gasteiger partial charge in [-0.05, 0) is 26.0 Å². The van der Waals surface area contributed by atoms with E-state index in [1.807, 2.05) is 32.0 Å². The summed E-state index contributed by atoms with van der Waals surface area (Å²) in [4.78, 5) is 0. The van der Waals surface area contributed by atoms with Crippen LogP contribution in [-0.4, -0.2) is 9.46 Å². The molecule has 72 valence electrons. The SMILES string of the molecule is CC(C)S(=O)Nc1ccccc1N. The lowest BCUT2D eigenvalue weighted by atomic mass is 10.3. The van der Waals surface area contributed by atoms with Gasteiger partial charge in [-0.3, -0.25) is 0 Å². The third-order valence-corrected chi connectivity index (χ3v) is 2.88.